The Morgan fingerprint density at radius 3 is 2.48 bits per heavy atom. The molecular formula is C36H30N6O3S. The fourth-order valence-electron chi connectivity index (χ4n) is 5.07. The number of pyridine rings is 1. The second-order valence-electron chi connectivity index (χ2n) is 10.8. The van der Waals surface area contributed by atoms with Crippen LogP contribution in [0.5, 0.6) is 5.75 Å². The summed E-state index contributed by atoms with van der Waals surface area (Å²) in [5.74, 6) is 6.46. The van der Waals surface area contributed by atoms with E-state index in [4.69, 9.17) is 10.5 Å². The second-order valence-corrected chi connectivity index (χ2v) is 11.7. The van der Waals surface area contributed by atoms with Gasteiger partial charge in [0.05, 0.1) is 46.0 Å². The molecule has 0 aliphatic carbocycles. The van der Waals surface area contributed by atoms with E-state index in [-0.39, 0.29) is 23.2 Å². The number of nitrogens with one attached hydrogen (secondary N) is 1. The molecule has 3 heterocycles. The summed E-state index contributed by atoms with van der Waals surface area (Å²) >= 11 is 1.43. The lowest BCUT2D eigenvalue weighted by Crippen LogP contribution is -2.33. The van der Waals surface area contributed by atoms with Crippen LogP contribution < -0.4 is 21.3 Å². The molecule has 46 heavy (non-hydrogen) atoms. The maximum absolute atomic E-state index is 14.3. The molecule has 1 atom stereocenters. The van der Waals surface area contributed by atoms with Gasteiger partial charge in [-0.3, -0.25) is 19.1 Å². The number of nitrogen functional groups attached to an aromatic ring is 1. The molecule has 6 rings (SSSR count). The number of hydrogen-bond donors (Lipinski definition) is 2. The highest BCUT2D eigenvalue weighted by Crippen LogP contribution is 2.25. The van der Waals surface area contributed by atoms with E-state index in [0.717, 1.165) is 16.2 Å². The largest absolute Gasteiger partial charge is 0.491 e. The predicted molar refractivity (Wildman–Crippen MR) is 181 cm³/mol. The number of ether oxygens (including phenoxy) is 1. The van der Waals surface area contributed by atoms with Crippen LogP contribution in [0.4, 0.5) is 5.82 Å². The van der Waals surface area contributed by atoms with E-state index in [1.807, 2.05) is 99.6 Å². The van der Waals surface area contributed by atoms with Crippen LogP contribution in [0.25, 0.3) is 27.7 Å². The van der Waals surface area contributed by atoms with Crippen molar-refractivity contribution in [1.82, 2.24) is 24.8 Å². The van der Waals surface area contributed by atoms with E-state index < -0.39 is 11.9 Å². The average Bonchev–Trinajstić information content (AvgIpc) is 3.58. The number of nitrogens with two attached hydrogens (primary N) is 1. The molecule has 0 fully saturated rings. The Morgan fingerprint density at radius 2 is 1.76 bits per heavy atom. The number of benzene rings is 3. The van der Waals surface area contributed by atoms with Crippen molar-refractivity contribution in [1.29, 1.82) is 0 Å². The molecule has 10 heteroatoms. The monoisotopic (exact) mass is 626 g/mol. The van der Waals surface area contributed by atoms with Crippen LogP contribution in [0.3, 0.4) is 0 Å². The first-order valence-electron chi connectivity index (χ1n) is 14.6. The van der Waals surface area contributed by atoms with E-state index in [0.29, 0.717) is 33.4 Å². The van der Waals surface area contributed by atoms with Crippen LogP contribution in [0.2, 0.25) is 0 Å². The van der Waals surface area contributed by atoms with Gasteiger partial charge in [0.2, 0.25) is 0 Å². The van der Waals surface area contributed by atoms with Crippen molar-refractivity contribution in [2.24, 2.45) is 0 Å². The molecule has 1 amide bonds. The lowest BCUT2D eigenvalue weighted by Gasteiger charge is -2.21. The Balaban J connectivity index is 1.37. The highest BCUT2D eigenvalue weighted by Gasteiger charge is 2.22. The van der Waals surface area contributed by atoms with Crippen molar-refractivity contribution in [3.8, 4) is 34.5 Å². The standard InChI is InChI=1S/C36H30N6O3S/c1-22(2)45-28-15-12-24(13-16-28)30-20-39-34(37)33(41-30)35(43)40-23(3)31-18-26-9-7-8-25(14-17-29-19-38-21-46-29)32(26)36(44)42(31)27-10-5-4-6-11-27/h4-13,15-16,18-23H,1-3H3,(H2,37,39)(H,40,43)/t23-/m1/s1. The van der Waals surface area contributed by atoms with E-state index in [2.05, 4.69) is 32.1 Å². The Hall–Kier alpha value is -5.79. The summed E-state index contributed by atoms with van der Waals surface area (Å²) in [5, 5.41) is 4.18. The fourth-order valence-corrected chi connectivity index (χ4v) is 5.54. The highest BCUT2D eigenvalue weighted by atomic mass is 32.1. The SMILES string of the molecule is CC(C)Oc1ccc(-c2cnc(N)c(C(=O)N[C@H](C)c3cc4cccc(C#Cc5cncs5)c4c(=O)n3-c3ccccc3)n2)cc1. The summed E-state index contributed by atoms with van der Waals surface area (Å²) in [4.78, 5) is 41.6. The smallest absolute Gasteiger partial charge is 0.274 e. The summed E-state index contributed by atoms with van der Waals surface area (Å²) in [6.07, 6.45) is 3.27. The zero-order chi connectivity index (χ0) is 32.2. The number of hydrogen-bond acceptors (Lipinski definition) is 8. The molecule has 0 aliphatic rings. The van der Waals surface area contributed by atoms with Crippen molar-refractivity contribution < 1.29 is 9.53 Å². The number of aromatic nitrogens is 4. The lowest BCUT2D eigenvalue weighted by atomic mass is 10.0. The molecule has 3 aromatic carbocycles. The quantitative estimate of drug-likeness (QED) is 0.203. The number of anilines is 1. The molecule has 6 aromatic rings. The predicted octanol–water partition coefficient (Wildman–Crippen LogP) is 6.16. The first kappa shape index (κ1) is 30.2. The minimum Gasteiger partial charge on any atom is -0.491 e. The first-order chi connectivity index (χ1) is 22.3. The molecule has 0 saturated heterocycles. The van der Waals surface area contributed by atoms with Crippen LogP contribution in [0.15, 0.2) is 102 Å². The van der Waals surface area contributed by atoms with Crippen LogP contribution in [-0.2, 0) is 0 Å². The van der Waals surface area contributed by atoms with Gasteiger partial charge in [0.25, 0.3) is 11.5 Å². The van der Waals surface area contributed by atoms with Crippen LogP contribution in [-0.4, -0.2) is 31.5 Å². The summed E-state index contributed by atoms with van der Waals surface area (Å²) in [7, 11) is 0. The zero-order valence-electron chi connectivity index (χ0n) is 25.4. The average molecular weight is 627 g/mol. The molecule has 0 radical (unpaired) electrons. The van der Waals surface area contributed by atoms with Gasteiger partial charge in [-0.1, -0.05) is 36.3 Å². The van der Waals surface area contributed by atoms with Gasteiger partial charge in [0.15, 0.2) is 11.5 Å². The summed E-state index contributed by atoms with van der Waals surface area (Å²) in [6.45, 7) is 5.73. The Bertz CT molecular complexity index is 2150. The number of para-hydroxylation sites is 1. The molecular weight excluding hydrogens is 597 g/mol. The fraction of sp³-hybridized carbons (Fsp3) is 0.139. The third-order valence-corrected chi connectivity index (χ3v) is 7.86. The van der Waals surface area contributed by atoms with Gasteiger partial charge in [-0.15, -0.1) is 11.3 Å². The van der Waals surface area contributed by atoms with Gasteiger partial charge in [-0.25, -0.2) is 9.97 Å². The van der Waals surface area contributed by atoms with Crippen LogP contribution in [0, 0.1) is 11.8 Å². The molecule has 0 bridgehead atoms. The van der Waals surface area contributed by atoms with Crippen LogP contribution in [0.1, 0.15) is 53.4 Å². The van der Waals surface area contributed by atoms with Gasteiger partial charge in [-0.2, -0.15) is 0 Å². The normalized spacial score (nSPS) is 11.6. The van der Waals surface area contributed by atoms with Crippen molar-refractivity contribution in [2.75, 3.05) is 5.73 Å². The summed E-state index contributed by atoms with van der Waals surface area (Å²) in [5.41, 5.74) is 10.7. The Kier molecular flexibility index (Phi) is 8.59. The number of fused-ring (bicyclic) bond motifs is 1. The second kappa shape index (κ2) is 13.1. The molecule has 0 aliphatic heterocycles. The minimum atomic E-state index is -0.617. The number of amides is 1. The minimum absolute atomic E-state index is 0.00340. The van der Waals surface area contributed by atoms with Gasteiger partial charge in [-0.05, 0) is 80.6 Å². The first-order valence-corrected chi connectivity index (χ1v) is 15.5. The summed E-state index contributed by atoms with van der Waals surface area (Å²) in [6, 6.07) is 23.5. The molecule has 228 valence electrons. The molecule has 0 saturated carbocycles. The summed E-state index contributed by atoms with van der Waals surface area (Å²) < 4.78 is 7.34. The molecule has 9 nitrogen and oxygen atoms in total. The van der Waals surface area contributed by atoms with E-state index in [1.165, 1.54) is 17.5 Å². The van der Waals surface area contributed by atoms with E-state index >= 15 is 0 Å². The van der Waals surface area contributed by atoms with Gasteiger partial charge >= 0.3 is 0 Å². The van der Waals surface area contributed by atoms with E-state index in [9.17, 15) is 9.59 Å². The third-order valence-electron chi connectivity index (χ3n) is 7.17. The molecule has 0 spiro atoms. The maximum Gasteiger partial charge on any atom is 0.274 e. The number of carbonyl (C=O) groups excluding carboxylic acids is 1. The topological polar surface area (TPSA) is 125 Å². The maximum atomic E-state index is 14.3. The highest BCUT2D eigenvalue weighted by molar-refractivity contribution is 7.10. The van der Waals surface area contributed by atoms with Gasteiger partial charge < -0.3 is 15.8 Å². The number of rotatable bonds is 7. The lowest BCUT2D eigenvalue weighted by molar-refractivity contribution is 0.0934. The Labute approximate surface area is 269 Å². The molecule has 3 aromatic heterocycles. The van der Waals surface area contributed by atoms with Crippen LogP contribution >= 0.6 is 11.3 Å². The van der Waals surface area contributed by atoms with E-state index in [1.54, 1.807) is 16.3 Å². The Morgan fingerprint density at radius 1 is 0.978 bits per heavy atom. The van der Waals surface area contributed by atoms with Crippen molar-refractivity contribution >= 4 is 33.8 Å². The number of thiazole rings is 1. The molecule has 0 unspecified atom stereocenters. The van der Waals surface area contributed by atoms with Crippen molar-refractivity contribution in [2.45, 2.75) is 32.9 Å². The zero-order valence-corrected chi connectivity index (χ0v) is 26.2. The number of nitrogens with zero attached hydrogens (tertiary/aromatic N) is 4. The van der Waals surface area contributed by atoms with Gasteiger partial charge in [0, 0.05) is 22.5 Å². The molecule has 3 N–H and O–H groups in total. The third kappa shape index (κ3) is 6.36. The van der Waals surface area contributed by atoms with Gasteiger partial charge in [0.1, 0.15) is 5.75 Å². The van der Waals surface area contributed by atoms with Crippen molar-refractivity contribution in [3.05, 3.63) is 129 Å². The van der Waals surface area contributed by atoms with Crippen molar-refractivity contribution in [3.63, 3.8) is 0 Å². The number of carbonyl (C=O) groups is 1.